The highest BCUT2D eigenvalue weighted by atomic mass is 15.1. The van der Waals surface area contributed by atoms with Crippen molar-refractivity contribution in [2.45, 2.75) is 52.9 Å². The van der Waals surface area contributed by atoms with Crippen LogP contribution in [0, 0.1) is 5.41 Å². The molecule has 0 atom stereocenters. The molecule has 0 aliphatic heterocycles. The molecule has 1 aliphatic rings. The van der Waals surface area contributed by atoms with Gasteiger partial charge in [-0.2, -0.15) is 0 Å². The molecule has 1 aliphatic carbocycles. The van der Waals surface area contributed by atoms with Crippen molar-refractivity contribution in [2.24, 2.45) is 5.41 Å². The molecule has 0 bridgehead atoms. The van der Waals surface area contributed by atoms with Gasteiger partial charge in [0.1, 0.15) is 18.0 Å². The van der Waals surface area contributed by atoms with Crippen LogP contribution in [0.5, 0.6) is 0 Å². The summed E-state index contributed by atoms with van der Waals surface area (Å²) in [6, 6.07) is 0. The fraction of sp³-hybridized carbons (Fsp3) is 0.733. The van der Waals surface area contributed by atoms with Crippen LogP contribution in [0.1, 0.15) is 52.0 Å². The number of nitrogens with one attached hydrogen (secondary N) is 2. The quantitative estimate of drug-likeness (QED) is 0.790. The molecular formula is C15H26N4. The van der Waals surface area contributed by atoms with Crippen molar-refractivity contribution in [1.82, 2.24) is 9.97 Å². The second-order valence-electron chi connectivity index (χ2n) is 5.49. The Hall–Kier alpha value is -1.32. The zero-order chi connectivity index (χ0) is 13.7. The van der Waals surface area contributed by atoms with Gasteiger partial charge in [-0.05, 0) is 38.0 Å². The van der Waals surface area contributed by atoms with Gasteiger partial charge in [0, 0.05) is 18.7 Å². The van der Waals surface area contributed by atoms with Gasteiger partial charge in [0.15, 0.2) is 0 Å². The fourth-order valence-electron chi connectivity index (χ4n) is 2.82. The first-order chi connectivity index (χ1) is 9.24. The molecule has 1 heterocycles. The molecule has 2 N–H and O–H groups in total. The van der Waals surface area contributed by atoms with Crippen LogP contribution < -0.4 is 10.6 Å². The van der Waals surface area contributed by atoms with Crippen molar-refractivity contribution in [3.8, 4) is 0 Å². The number of hydrogen-bond acceptors (Lipinski definition) is 4. The first-order valence-corrected chi connectivity index (χ1v) is 7.56. The van der Waals surface area contributed by atoms with Gasteiger partial charge in [-0.25, -0.2) is 9.97 Å². The zero-order valence-electron chi connectivity index (χ0n) is 12.4. The van der Waals surface area contributed by atoms with Crippen LogP contribution in [-0.2, 0) is 6.42 Å². The van der Waals surface area contributed by atoms with Gasteiger partial charge in [0.05, 0.1) is 0 Å². The minimum Gasteiger partial charge on any atom is -0.370 e. The highest BCUT2D eigenvalue weighted by Gasteiger charge is 2.34. The summed E-state index contributed by atoms with van der Waals surface area (Å²) in [4.78, 5) is 8.76. The predicted octanol–water partition coefficient (Wildman–Crippen LogP) is 3.46. The van der Waals surface area contributed by atoms with Crippen LogP contribution in [0.25, 0.3) is 0 Å². The molecule has 0 amide bonds. The highest BCUT2D eigenvalue weighted by Crippen LogP contribution is 2.43. The molecule has 106 valence electrons. The Balaban J connectivity index is 2.08. The van der Waals surface area contributed by atoms with E-state index < -0.39 is 0 Å². The summed E-state index contributed by atoms with van der Waals surface area (Å²) >= 11 is 0. The maximum absolute atomic E-state index is 4.43. The van der Waals surface area contributed by atoms with Gasteiger partial charge in [-0.1, -0.05) is 20.3 Å². The van der Waals surface area contributed by atoms with E-state index in [1.807, 2.05) is 0 Å². The summed E-state index contributed by atoms with van der Waals surface area (Å²) in [5.74, 6) is 1.98. The van der Waals surface area contributed by atoms with Crippen LogP contribution in [0.15, 0.2) is 6.33 Å². The molecule has 0 spiro atoms. The number of hydrogen-bond donors (Lipinski definition) is 2. The second kappa shape index (κ2) is 6.22. The van der Waals surface area contributed by atoms with Gasteiger partial charge < -0.3 is 10.6 Å². The summed E-state index contributed by atoms with van der Waals surface area (Å²) in [6.45, 7) is 8.48. The average Bonchev–Trinajstić information content (AvgIpc) is 2.38. The number of rotatable bonds is 7. The Morgan fingerprint density at radius 2 is 1.79 bits per heavy atom. The monoisotopic (exact) mass is 262 g/mol. The van der Waals surface area contributed by atoms with E-state index in [2.05, 4.69) is 41.4 Å². The van der Waals surface area contributed by atoms with Crippen LogP contribution in [0.2, 0.25) is 0 Å². The first-order valence-electron chi connectivity index (χ1n) is 7.56. The van der Waals surface area contributed by atoms with Gasteiger partial charge in [-0.15, -0.1) is 0 Å². The van der Waals surface area contributed by atoms with E-state index in [-0.39, 0.29) is 0 Å². The normalized spacial score (nSPS) is 16.8. The average molecular weight is 262 g/mol. The smallest absolute Gasteiger partial charge is 0.134 e. The molecule has 4 nitrogen and oxygen atoms in total. The van der Waals surface area contributed by atoms with Crippen molar-refractivity contribution in [1.29, 1.82) is 0 Å². The Kier molecular flexibility index (Phi) is 4.61. The van der Waals surface area contributed by atoms with Crippen LogP contribution in [0.3, 0.4) is 0 Å². The van der Waals surface area contributed by atoms with E-state index in [0.717, 1.165) is 31.1 Å². The minimum atomic E-state index is 0.508. The Bertz CT molecular complexity index is 407. The fourth-order valence-corrected chi connectivity index (χ4v) is 2.82. The van der Waals surface area contributed by atoms with Crippen molar-refractivity contribution in [3.05, 3.63) is 11.9 Å². The van der Waals surface area contributed by atoms with E-state index in [1.165, 1.54) is 31.2 Å². The Morgan fingerprint density at radius 1 is 1.11 bits per heavy atom. The van der Waals surface area contributed by atoms with Crippen molar-refractivity contribution >= 4 is 11.6 Å². The maximum atomic E-state index is 4.43. The SMILES string of the molecule is CCNc1ncnc(NCC2(CC)CCC2)c1CC. The summed E-state index contributed by atoms with van der Waals surface area (Å²) in [7, 11) is 0. The lowest BCUT2D eigenvalue weighted by atomic mass is 9.67. The second-order valence-corrected chi connectivity index (χ2v) is 5.49. The molecule has 1 aromatic rings. The van der Waals surface area contributed by atoms with Gasteiger partial charge in [-0.3, -0.25) is 0 Å². The third-order valence-corrected chi connectivity index (χ3v) is 4.44. The van der Waals surface area contributed by atoms with Gasteiger partial charge >= 0.3 is 0 Å². The molecule has 0 unspecified atom stereocenters. The van der Waals surface area contributed by atoms with Crippen molar-refractivity contribution in [2.75, 3.05) is 23.7 Å². The number of anilines is 2. The molecule has 1 fully saturated rings. The molecule has 19 heavy (non-hydrogen) atoms. The molecular weight excluding hydrogens is 236 g/mol. The Labute approximate surface area is 116 Å². The third-order valence-electron chi connectivity index (χ3n) is 4.44. The van der Waals surface area contributed by atoms with E-state index in [1.54, 1.807) is 6.33 Å². The molecule has 4 heteroatoms. The number of aromatic nitrogens is 2. The van der Waals surface area contributed by atoms with E-state index in [4.69, 9.17) is 0 Å². The predicted molar refractivity (Wildman–Crippen MR) is 80.6 cm³/mol. The lowest BCUT2D eigenvalue weighted by molar-refractivity contribution is 0.145. The van der Waals surface area contributed by atoms with Crippen LogP contribution >= 0.6 is 0 Å². The van der Waals surface area contributed by atoms with E-state index in [9.17, 15) is 0 Å². The molecule has 0 aromatic carbocycles. The molecule has 1 aromatic heterocycles. The summed E-state index contributed by atoms with van der Waals surface area (Å²) in [5, 5.41) is 6.88. The van der Waals surface area contributed by atoms with Gasteiger partial charge in [0.2, 0.25) is 0 Å². The topological polar surface area (TPSA) is 49.8 Å². The standard InChI is InChI=1S/C15H26N4/c1-4-12-13(16-6-3)18-11-19-14(12)17-10-15(5-2)8-7-9-15/h11H,4-10H2,1-3H3,(H2,16,17,18,19). The summed E-state index contributed by atoms with van der Waals surface area (Å²) in [5.41, 5.74) is 1.71. The lowest BCUT2D eigenvalue weighted by Gasteiger charge is -2.41. The zero-order valence-corrected chi connectivity index (χ0v) is 12.4. The van der Waals surface area contributed by atoms with Crippen LogP contribution in [-0.4, -0.2) is 23.1 Å². The maximum Gasteiger partial charge on any atom is 0.134 e. The summed E-state index contributed by atoms with van der Waals surface area (Å²) < 4.78 is 0. The lowest BCUT2D eigenvalue weighted by Crippen LogP contribution is -2.36. The van der Waals surface area contributed by atoms with Crippen molar-refractivity contribution < 1.29 is 0 Å². The first kappa shape index (κ1) is 14.1. The summed E-state index contributed by atoms with van der Waals surface area (Å²) in [6.07, 6.45) is 7.94. The highest BCUT2D eigenvalue weighted by molar-refractivity contribution is 5.57. The van der Waals surface area contributed by atoms with Gasteiger partial charge in [0.25, 0.3) is 0 Å². The van der Waals surface area contributed by atoms with E-state index in [0.29, 0.717) is 5.41 Å². The molecule has 0 saturated heterocycles. The van der Waals surface area contributed by atoms with Crippen molar-refractivity contribution in [3.63, 3.8) is 0 Å². The largest absolute Gasteiger partial charge is 0.370 e. The molecule has 0 radical (unpaired) electrons. The van der Waals surface area contributed by atoms with E-state index >= 15 is 0 Å². The molecule has 2 rings (SSSR count). The Morgan fingerprint density at radius 3 is 2.26 bits per heavy atom. The van der Waals surface area contributed by atoms with Crippen LogP contribution in [0.4, 0.5) is 11.6 Å². The number of nitrogens with zero attached hydrogens (tertiary/aromatic N) is 2. The minimum absolute atomic E-state index is 0.508. The molecule has 1 saturated carbocycles. The third kappa shape index (κ3) is 2.99.